The minimum Gasteiger partial charge on any atom is -0.327 e. The molecule has 0 saturated heterocycles. The molecule has 0 aliphatic heterocycles. The summed E-state index contributed by atoms with van der Waals surface area (Å²) in [4.78, 5) is 0. The van der Waals surface area contributed by atoms with Gasteiger partial charge in [0.05, 0.1) is 0 Å². The Morgan fingerprint density at radius 1 is 0.850 bits per heavy atom. The van der Waals surface area contributed by atoms with Crippen LogP contribution < -0.4 is 5.73 Å². The second-order valence-electron chi connectivity index (χ2n) is 6.43. The standard InChI is InChI=1S/C19H21N/c20-19(16-10-14-8-4-5-9-15(14)11-16)18-12-17(18)13-6-2-1-3-7-13/h1-9,16-19H,10-12,20H2. The molecular weight excluding hydrogens is 242 g/mol. The molecule has 1 nitrogen and oxygen atoms in total. The Hall–Kier alpha value is -1.60. The summed E-state index contributed by atoms with van der Waals surface area (Å²) in [6, 6.07) is 20.1. The van der Waals surface area contributed by atoms with Gasteiger partial charge in [-0.25, -0.2) is 0 Å². The second kappa shape index (κ2) is 4.75. The summed E-state index contributed by atoms with van der Waals surface area (Å²) in [5.74, 6) is 2.04. The van der Waals surface area contributed by atoms with Gasteiger partial charge in [-0.3, -0.25) is 0 Å². The van der Waals surface area contributed by atoms with Gasteiger partial charge in [0.15, 0.2) is 0 Å². The molecule has 3 unspecified atom stereocenters. The van der Waals surface area contributed by atoms with Crippen LogP contribution in [0.3, 0.4) is 0 Å². The Kier molecular flexibility index (Phi) is 2.89. The lowest BCUT2D eigenvalue weighted by Crippen LogP contribution is -2.33. The Bertz CT molecular complexity index is 579. The lowest BCUT2D eigenvalue weighted by Gasteiger charge is -2.19. The molecule has 0 spiro atoms. The van der Waals surface area contributed by atoms with Gasteiger partial charge in [0.2, 0.25) is 0 Å². The van der Waals surface area contributed by atoms with E-state index in [4.69, 9.17) is 5.73 Å². The first-order valence-electron chi connectivity index (χ1n) is 7.70. The summed E-state index contributed by atoms with van der Waals surface area (Å²) in [5, 5.41) is 0. The lowest BCUT2D eigenvalue weighted by atomic mass is 9.91. The van der Waals surface area contributed by atoms with E-state index in [0.29, 0.717) is 23.8 Å². The number of fused-ring (bicyclic) bond motifs is 1. The fraction of sp³-hybridized carbons (Fsp3) is 0.368. The summed E-state index contributed by atoms with van der Waals surface area (Å²) in [6.45, 7) is 0. The average molecular weight is 263 g/mol. The highest BCUT2D eigenvalue weighted by molar-refractivity contribution is 5.34. The largest absolute Gasteiger partial charge is 0.327 e. The minimum absolute atomic E-state index is 0.354. The van der Waals surface area contributed by atoms with Crippen LogP contribution in [0.2, 0.25) is 0 Å². The van der Waals surface area contributed by atoms with Crippen LogP contribution in [0.4, 0.5) is 0 Å². The van der Waals surface area contributed by atoms with E-state index < -0.39 is 0 Å². The van der Waals surface area contributed by atoms with E-state index in [9.17, 15) is 0 Å². The summed E-state index contributed by atoms with van der Waals surface area (Å²) < 4.78 is 0. The van der Waals surface area contributed by atoms with Gasteiger partial charge in [0, 0.05) is 6.04 Å². The van der Waals surface area contributed by atoms with Crippen molar-refractivity contribution >= 4 is 0 Å². The van der Waals surface area contributed by atoms with Gasteiger partial charge in [-0.15, -0.1) is 0 Å². The van der Waals surface area contributed by atoms with Crippen molar-refractivity contribution < 1.29 is 0 Å². The molecule has 4 rings (SSSR count). The van der Waals surface area contributed by atoms with Gasteiger partial charge in [-0.05, 0) is 53.7 Å². The highest BCUT2D eigenvalue weighted by Gasteiger charge is 2.45. The maximum atomic E-state index is 6.59. The smallest absolute Gasteiger partial charge is 0.0108 e. The number of nitrogens with two attached hydrogens (primary N) is 1. The second-order valence-corrected chi connectivity index (χ2v) is 6.43. The molecule has 1 fully saturated rings. The molecule has 2 aromatic carbocycles. The first kappa shape index (κ1) is 12.2. The molecule has 2 N–H and O–H groups in total. The van der Waals surface area contributed by atoms with Crippen LogP contribution in [0.5, 0.6) is 0 Å². The first-order valence-corrected chi connectivity index (χ1v) is 7.70. The molecule has 20 heavy (non-hydrogen) atoms. The zero-order valence-corrected chi connectivity index (χ0v) is 11.7. The molecule has 1 heteroatoms. The Balaban J connectivity index is 1.45. The highest BCUT2D eigenvalue weighted by Crippen LogP contribution is 2.51. The Morgan fingerprint density at radius 3 is 2.10 bits per heavy atom. The van der Waals surface area contributed by atoms with Crippen molar-refractivity contribution in [1.29, 1.82) is 0 Å². The summed E-state index contributed by atoms with van der Waals surface area (Å²) in [7, 11) is 0. The molecule has 2 aliphatic carbocycles. The molecule has 102 valence electrons. The lowest BCUT2D eigenvalue weighted by molar-refractivity contribution is 0.396. The molecule has 0 aromatic heterocycles. The number of benzene rings is 2. The molecule has 3 atom stereocenters. The zero-order valence-electron chi connectivity index (χ0n) is 11.7. The fourth-order valence-electron chi connectivity index (χ4n) is 3.94. The summed E-state index contributed by atoms with van der Waals surface area (Å²) in [5.41, 5.74) is 11.1. The van der Waals surface area contributed by atoms with Gasteiger partial charge in [-0.2, -0.15) is 0 Å². The van der Waals surface area contributed by atoms with Crippen molar-refractivity contribution in [3.05, 3.63) is 71.3 Å². The zero-order chi connectivity index (χ0) is 13.5. The van der Waals surface area contributed by atoms with Gasteiger partial charge >= 0.3 is 0 Å². The van der Waals surface area contributed by atoms with E-state index in [1.165, 1.54) is 36.0 Å². The minimum atomic E-state index is 0.354. The average Bonchev–Trinajstić information content (AvgIpc) is 3.18. The van der Waals surface area contributed by atoms with Crippen LogP contribution >= 0.6 is 0 Å². The molecule has 0 bridgehead atoms. The van der Waals surface area contributed by atoms with E-state index in [2.05, 4.69) is 54.6 Å². The molecule has 0 amide bonds. The summed E-state index contributed by atoms with van der Waals surface area (Å²) >= 11 is 0. The van der Waals surface area contributed by atoms with Crippen molar-refractivity contribution in [3.63, 3.8) is 0 Å². The van der Waals surface area contributed by atoms with Crippen LogP contribution in [-0.2, 0) is 12.8 Å². The third-order valence-corrected chi connectivity index (χ3v) is 5.19. The topological polar surface area (TPSA) is 26.0 Å². The molecule has 0 heterocycles. The van der Waals surface area contributed by atoms with Crippen LogP contribution in [0.25, 0.3) is 0 Å². The number of hydrogen-bond donors (Lipinski definition) is 1. The van der Waals surface area contributed by atoms with Gasteiger partial charge in [0.1, 0.15) is 0 Å². The third-order valence-electron chi connectivity index (χ3n) is 5.19. The van der Waals surface area contributed by atoms with E-state index >= 15 is 0 Å². The van der Waals surface area contributed by atoms with Gasteiger partial charge in [-0.1, -0.05) is 54.6 Å². The molecule has 0 radical (unpaired) electrons. The summed E-state index contributed by atoms with van der Waals surface area (Å²) in [6.07, 6.45) is 3.63. The van der Waals surface area contributed by atoms with Crippen LogP contribution in [0.1, 0.15) is 29.0 Å². The number of hydrogen-bond acceptors (Lipinski definition) is 1. The highest BCUT2D eigenvalue weighted by atomic mass is 14.7. The molecular formula is C19H21N. The van der Waals surface area contributed by atoms with E-state index in [1.807, 2.05) is 0 Å². The van der Waals surface area contributed by atoms with Crippen molar-refractivity contribution in [1.82, 2.24) is 0 Å². The predicted molar refractivity (Wildman–Crippen MR) is 82.6 cm³/mol. The fourth-order valence-corrected chi connectivity index (χ4v) is 3.94. The maximum Gasteiger partial charge on any atom is 0.0108 e. The third kappa shape index (κ3) is 2.06. The van der Waals surface area contributed by atoms with E-state index in [0.717, 1.165) is 0 Å². The van der Waals surface area contributed by atoms with Crippen molar-refractivity contribution in [2.45, 2.75) is 31.2 Å². The van der Waals surface area contributed by atoms with Gasteiger partial charge < -0.3 is 5.73 Å². The Labute approximate surface area is 120 Å². The first-order chi connectivity index (χ1) is 9.83. The van der Waals surface area contributed by atoms with Crippen LogP contribution in [-0.4, -0.2) is 6.04 Å². The maximum absolute atomic E-state index is 6.59. The molecule has 2 aliphatic rings. The Morgan fingerprint density at radius 2 is 1.45 bits per heavy atom. The SMILES string of the molecule is NC(C1Cc2ccccc2C1)C1CC1c1ccccc1. The quantitative estimate of drug-likeness (QED) is 0.900. The van der Waals surface area contributed by atoms with Gasteiger partial charge in [0.25, 0.3) is 0 Å². The van der Waals surface area contributed by atoms with Crippen LogP contribution in [0.15, 0.2) is 54.6 Å². The van der Waals surface area contributed by atoms with E-state index in [-0.39, 0.29) is 0 Å². The van der Waals surface area contributed by atoms with Crippen molar-refractivity contribution in [2.75, 3.05) is 0 Å². The van der Waals surface area contributed by atoms with E-state index in [1.54, 1.807) is 0 Å². The predicted octanol–water partition coefficient (Wildman–Crippen LogP) is 3.53. The molecule has 2 aromatic rings. The normalized spacial score (nSPS) is 26.2. The van der Waals surface area contributed by atoms with Crippen molar-refractivity contribution in [3.8, 4) is 0 Å². The molecule has 1 saturated carbocycles. The van der Waals surface area contributed by atoms with Crippen molar-refractivity contribution in [2.24, 2.45) is 17.6 Å². The monoisotopic (exact) mass is 263 g/mol. The van der Waals surface area contributed by atoms with Crippen LogP contribution in [0, 0.1) is 11.8 Å². The number of rotatable bonds is 3.